The van der Waals surface area contributed by atoms with E-state index in [4.69, 9.17) is 0 Å². The van der Waals surface area contributed by atoms with Crippen molar-refractivity contribution in [2.45, 2.75) is 20.1 Å². The highest BCUT2D eigenvalue weighted by atomic mass is 16.6. The van der Waals surface area contributed by atoms with Gasteiger partial charge in [0.1, 0.15) is 0 Å². The highest BCUT2D eigenvalue weighted by Crippen LogP contribution is 2.20. The van der Waals surface area contributed by atoms with E-state index >= 15 is 0 Å². The van der Waals surface area contributed by atoms with Crippen molar-refractivity contribution in [3.05, 3.63) is 69.8 Å². The van der Waals surface area contributed by atoms with Gasteiger partial charge < -0.3 is 0 Å². The van der Waals surface area contributed by atoms with Crippen LogP contribution in [0.15, 0.2) is 69.0 Å². The Morgan fingerprint density at radius 3 is 1.64 bits per heavy atom. The van der Waals surface area contributed by atoms with Crippen LogP contribution in [0.3, 0.4) is 0 Å². The number of azo groups is 2. The van der Waals surface area contributed by atoms with E-state index in [-0.39, 0.29) is 0 Å². The van der Waals surface area contributed by atoms with Gasteiger partial charge in [-0.15, -0.1) is 10.2 Å². The summed E-state index contributed by atoms with van der Waals surface area (Å²) in [7, 11) is 0. The van der Waals surface area contributed by atoms with Crippen LogP contribution >= 0.6 is 0 Å². The van der Waals surface area contributed by atoms with Gasteiger partial charge in [0, 0.05) is 0 Å². The zero-order valence-corrected chi connectivity index (χ0v) is 12.2. The maximum Gasteiger partial charge on any atom is 0.436 e. The van der Waals surface area contributed by atoms with E-state index in [2.05, 4.69) is 20.5 Å². The second kappa shape index (κ2) is 7.16. The van der Waals surface area contributed by atoms with Crippen molar-refractivity contribution in [1.82, 2.24) is 0 Å². The van der Waals surface area contributed by atoms with Crippen LogP contribution in [0, 0.1) is 24.0 Å². The first-order chi connectivity index (χ1) is 10.6. The quantitative estimate of drug-likeness (QED) is 0.453. The Kier molecular flexibility index (Phi) is 5.02. The summed E-state index contributed by atoms with van der Waals surface area (Å²) < 4.78 is 0. The molecule has 0 aliphatic carbocycles. The highest BCUT2D eigenvalue weighted by Gasteiger charge is 2.17. The van der Waals surface area contributed by atoms with Crippen LogP contribution in [0.2, 0.25) is 0 Å². The number of hydrogen-bond donors (Lipinski definition) is 0. The topological polar surface area (TPSA) is 92.6 Å². The summed E-state index contributed by atoms with van der Waals surface area (Å²) in [5.74, 6) is 0. The smallest absolute Gasteiger partial charge is 0.260 e. The molecule has 22 heavy (non-hydrogen) atoms. The third kappa shape index (κ3) is 4.02. The van der Waals surface area contributed by atoms with Gasteiger partial charge >= 0.3 is 6.29 Å². The van der Waals surface area contributed by atoms with Crippen LogP contribution in [0.25, 0.3) is 0 Å². The average Bonchev–Trinajstić information content (AvgIpc) is 2.50. The summed E-state index contributed by atoms with van der Waals surface area (Å²) in [6.07, 6.45) is -1.56. The van der Waals surface area contributed by atoms with Crippen molar-refractivity contribution >= 4 is 11.4 Å². The van der Waals surface area contributed by atoms with Crippen molar-refractivity contribution in [2.75, 3.05) is 0 Å². The number of aryl methyl sites for hydroxylation is 2. The monoisotopic (exact) mass is 297 g/mol. The molecule has 0 fully saturated rings. The molecule has 2 aromatic rings. The highest BCUT2D eigenvalue weighted by molar-refractivity contribution is 5.44. The molecule has 2 aromatic carbocycles. The lowest BCUT2D eigenvalue weighted by molar-refractivity contribution is -0.520. The third-order valence-electron chi connectivity index (χ3n) is 2.96. The fourth-order valence-corrected chi connectivity index (χ4v) is 1.69. The Morgan fingerprint density at radius 2 is 1.27 bits per heavy atom. The molecule has 0 aliphatic heterocycles. The molecule has 0 atom stereocenters. The van der Waals surface area contributed by atoms with Crippen molar-refractivity contribution in [3.63, 3.8) is 0 Å². The van der Waals surface area contributed by atoms with Crippen molar-refractivity contribution < 1.29 is 4.92 Å². The van der Waals surface area contributed by atoms with Crippen molar-refractivity contribution in [1.29, 1.82) is 0 Å². The molecule has 0 aliphatic rings. The zero-order valence-electron chi connectivity index (χ0n) is 12.2. The second-order valence-electron chi connectivity index (χ2n) is 4.64. The number of rotatable bonds is 5. The molecule has 0 saturated heterocycles. The molecule has 112 valence electrons. The minimum absolute atomic E-state index is 0.570. The van der Waals surface area contributed by atoms with Crippen molar-refractivity contribution in [3.8, 4) is 0 Å². The standard InChI is InChI=1S/C15H15N5O2/c1-11-7-3-5-9-13(11)16-18-15(20(21)22)19-17-14-10-6-4-8-12(14)2/h3-10,15H,1-2H3. The molecule has 2 rings (SSSR count). The molecule has 0 spiro atoms. The predicted octanol–water partition coefficient (Wildman–Crippen LogP) is 4.73. The Balaban J connectivity index is 2.19. The van der Waals surface area contributed by atoms with E-state index in [1.165, 1.54) is 0 Å². The first-order valence-electron chi connectivity index (χ1n) is 6.64. The number of benzene rings is 2. The summed E-state index contributed by atoms with van der Waals surface area (Å²) in [5, 5.41) is 26.1. The van der Waals surface area contributed by atoms with E-state index in [0.29, 0.717) is 11.4 Å². The van der Waals surface area contributed by atoms with Gasteiger partial charge in [0.05, 0.1) is 16.3 Å². The van der Waals surface area contributed by atoms with Crippen LogP contribution in [0.1, 0.15) is 11.1 Å². The lowest BCUT2D eigenvalue weighted by atomic mass is 10.2. The van der Waals surface area contributed by atoms with Gasteiger partial charge in [0.2, 0.25) is 0 Å². The fourth-order valence-electron chi connectivity index (χ4n) is 1.69. The maximum atomic E-state index is 11.0. The molecular weight excluding hydrogens is 282 g/mol. The molecule has 7 nitrogen and oxygen atoms in total. The van der Waals surface area contributed by atoms with Crippen LogP contribution in [0.5, 0.6) is 0 Å². The number of nitro groups is 1. The second-order valence-corrected chi connectivity index (χ2v) is 4.64. The molecule has 0 bridgehead atoms. The summed E-state index contributed by atoms with van der Waals surface area (Å²) in [4.78, 5) is 10.4. The van der Waals surface area contributed by atoms with Crippen LogP contribution in [0.4, 0.5) is 11.4 Å². The maximum absolute atomic E-state index is 11.0. The molecule has 0 radical (unpaired) electrons. The Labute approximate surface area is 127 Å². The number of hydrogen-bond acceptors (Lipinski definition) is 6. The van der Waals surface area contributed by atoms with Gasteiger partial charge in [0.15, 0.2) is 0 Å². The van der Waals surface area contributed by atoms with Crippen LogP contribution in [-0.2, 0) is 0 Å². The number of nitrogens with zero attached hydrogens (tertiary/aromatic N) is 5. The molecule has 0 saturated carbocycles. The molecule has 0 unspecified atom stereocenters. The van der Waals surface area contributed by atoms with Crippen molar-refractivity contribution in [2.24, 2.45) is 20.5 Å². The molecule has 7 heteroatoms. The Bertz CT molecular complexity index is 672. The van der Waals surface area contributed by atoms with Gasteiger partial charge in [-0.2, -0.15) is 0 Å². The zero-order chi connectivity index (χ0) is 15.9. The fraction of sp³-hybridized carbons (Fsp3) is 0.200. The molecule has 0 aromatic heterocycles. The largest absolute Gasteiger partial charge is 0.436 e. The first kappa shape index (κ1) is 15.4. The van der Waals surface area contributed by atoms with E-state index in [9.17, 15) is 10.1 Å². The normalized spacial score (nSPS) is 12.8. The lowest BCUT2D eigenvalue weighted by Gasteiger charge is -2.00. The summed E-state index contributed by atoms with van der Waals surface area (Å²) in [6, 6.07) is 14.5. The van der Waals surface area contributed by atoms with Gasteiger partial charge in [-0.05, 0) is 37.1 Å². The SMILES string of the molecule is Cc1ccccc1N=NC(N=Nc1ccccc1C)[N+](=O)[O-]. The summed E-state index contributed by atoms with van der Waals surface area (Å²) >= 11 is 0. The summed E-state index contributed by atoms with van der Waals surface area (Å²) in [6.45, 7) is 3.70. The van der Waals surface area contributed by atoms with Crippen LogP contribution in [-0.4, -0.2) is 11.2 Å². The average molecular weight is 297 g/mol. The van der Waals surface area contributed by atoms with E-state index < -0.39 is 11.2 Å². The first-order valence-corrected chi connectivity index (χ1v) is 6.64. The van der Waals surface area contributed by atoms with E-state index in [1.807, 2.05) is 38.1 Å². The third-order valence-corrected chi connectivity index (χ3v) is 2.96. The van der Waals surface area contributed by atoms with Gasteiger partial charge in [0.25, 0.3) is 0 Å². The van der Waals surface area contributed by atoms with E-state index in [0.717, 1.165) is 11.1 Å². The molecule has 0 amide bonds. The van der Waals surface area contributed by atoms with Crippen LogP contribution < -0.4 is 0 Å². The molecule has 0 heterocycles. The predicted molar refractivity (Wildman–Crippen MR) is 82.2 cm³/mol. The van der Waals surface area contributed by atoms with E-state index in [1.54, 1.807) is 24.3 Å². The van der Waals surface area contributed by atoms with Gasteiger partial charge in [-0.1, -0.05) is 46.6 Å². The molecule has 0 N–H and O–H groups in total. The molecular formula is C15H15N5O2. The Morgan fingerprint density at radius 1 is 0.864 bits per heavy atom. The lowest BCUT2D eigenvalue weighted by Crippen LogP contribution is -2.12. The Hall–Kier alpha value is -2.96. The van der Waals surface area contributed by atoms with Gasteiger partial charge in [-0.3, -0.25) is 10.1 Å². The summed E-state index contributed by atoms with van der Waals surface area (Å²) in [5.41, 5.74) is 2.90. The minimum atomic E-state index is -1.56. The minimum Gasteiger partial charge on any atom is -0.260 e. The van der Waals surface area contributed by atoms with Gasteiger partial charge in [-0.25, -0.2) is 0 Å².